The molecule has 0 amide bonds. The van der Waals surface area contributed by atoms with Gasteiger partial charge in [-0.1, -0.05) is 20.8 Å². The van der Waals surface area contributed by atoms with Gasteiger partial charge in [0.15, 0.2) is 0 Å². The van der Waals surface area contributed by atoms with Gasteiger partial charge in [-0.15, -0.1) is 0 Å². The molecular weight excluding hydrogens is 141 g/mol. The van der Waals surface area contributed by atoms with Gasteiger partial charge < -0.3 is 4.90 Å². The second kappa shape index (κ2) is 4.70. The Bertz CT molecular complexity index is 93.7. The zero-order valence-electron chi connectivity index (χ0n) is 8.26. The molecule has 0 N–H and O–H groups in total. The summed E-state index contributed by atoms with van der Waals surface area (Å²) in [5.41, 5.74) is 0. The quantitative estimate of drug-likeness (QED) is 0.611. The number of rotatable bonds is 4. The van der Waals surface area contributed by atoms with E-state index >= 15 is 0 Å². The molecule has 2 atom stereocenters. The van der Waals surface area contributed by atoms with Gasteiger partial charge in [0.2, 0.25) is 0 Å². The second-order valence-electron chi connectivity index (χ2n) is 3.62. The molecule has 0 rings (SSSR count). The Morgan fingerprint density at radius 3 is 1.82 bits per heavy atom. The molecule has 0 aromatic heterocycles. The SMILES string of the molecule is CCC(F)C(C(C)C)N(C)C. The number of halogens is 1. The second-order valence-corrected chi connectivity index (χ2v) is 3.62. The van der Waals surface area contributed by atoms with Crippen molar-refractivity contribution in [3.05, 3.63) is 0 Å². The number of alkyl halides is 1. The van der Waals surface area contributed by atoms with Gasteiger partial charge in [-0.25, -0.2) is 4.39 Å². The number of hydrogen-bond acceptors (Lipinski definition) is 1. The van der Waals surface area contributed by atoms with Crippen LogP contribution < -0.4 is 0 Å². The number of nitrogens with zero attached hydrogens (tertiary/aromatic N) is 1. The lowest BCUT2D eigenvalue weighted by Gasteiger charge is -2.30. The fourth-order valence-electron chi connectivity index (χ4n) is 1.58. The minimum atomic E-state index is -0.690. The maximum Gasteiger partial charge on any atom is 0.116 e. The third-order valence-electron chi connectivity index (χ3n) is 2.04. The van der Waals surface area contributed by atoms with Crippen LogP contribution in [0, 0.1) is 5.92 Å². The molecule has 0 aliphatic heterocycles. The van der Waals surface area contributed by atoms with E-state index in [-0.39, 0.29) is 6.04 Å². The van der Waals surface area contributed by atoms with E-state index in [2.05, 4.69) is 13.8 Å². The molecule has 0 radical (unpaired) electrons. The summed E-state index contributed by atoms with van der Waals surface area (Å²) in [6, 6.07) is 0.0694. The fraction of sp³-hybridized carbons (Fsp3) is 1.00. The zero-order valence-corrected chi connectivity index (χ0v) is 8.26. The maximum atomic E-state index is 13.3. The predicted molar refractivity (Wildman–Crippen MR) is 47.5 cm³/mol. The first-order chi connectivity index (χ1) is 5.00. The molecule has 68 valence electrons. The molecule has 0 heterocycles. The van der Waals surface area contributed by atoms with Crippen LogP contribution in [0.1, 0.15) is 27.2 Å². The van der Waals surface area contributed by atoms with Crippen molar-refractivity contribution < 1.29 is 4.39 Å². The molecule has 0 aromatic rings. The topological polar surface area (TPSA) is 3.24 Å². The fourth-order valence-corrected chi connectivity index (χ4v) is 1.58. The molecule has 2 unspecified atom stereocenters. The molecule has 0 bridgehead atoms. The monoisotopic (exact) mass is 161 g/mol. The van der Waals surface area contributed by atoms with E-state index in [1.54, 1.807) is 0 Å². The van der Waals surface area contributed by atoms with Gasteiger partial charge in [-0.05, 0) is 26.4 Å². The summed E-state index contributed by atoms with van der Waals surface area (Å²) >= 11 is 0. The molecule has 0 aliphatic rings. The first-order valence-electron chi connectivity index (χ1n) is 4.31. The minimum absolute atomic E-state index is 0.0694. The van der Waals surface area contributed by atoms with E-state index in [4.69, 9.17) is 0 Å². The number of hydrogen-bond donors (Lipinski definition) is 0. The lowest BCUT2D eigenvalue weighted by atomic mass is 9.97. The van der Waals surface area contributed by atoms with E-state index in [1.165, 1.54) is 0 Å². The van der Waals surface area contributed by atoms with Crippen LogP contribution in [-0.2, 0) is 0 Å². The predicted octanol–water partition coefficient (Wildman–Crippen LogP) is 2.32. The van der Waals surface area contributed by atoms with Gasteiger partial charge in [0.05, 0.1) is 0 Å². The van der Waals surface area contributed by atoms with E-state index < -0.39 is 6.17 Å². The summed E-state index contributed by atoms with van der Waals surface area (Å²) in [6.45, 7) is 6.02. The minimum Gasteiger partial charge on any atom is -0.303 e. The van der Waals surface area contributed by atoms with Crippen LogP contribution in [0.5, 0.6) is 0 Å². The molecule has 0 aromatic carbocycles. The van der Waals surface area contributed by atoms with E-state index in [0.717, 1.165) is 0 Å². The summed E-state index contributed by atoms with van der Waals surface area (Å²) in [5.74, 6) is 0.389. The molecule has 0 spiro atoms. The summed E-state index contributed by atoms with van der Waals surface area (Å²) in [5, 5.41) is 0. The van der Waals surface area contributed by atoms with Crippen molar-refractivity contribution in [1.82, 2.24) is 4.90 Å². The largest absolute Gasteiger partial charge is 0.303 e. The van der Waals surface area contributed by atoms with Crippen LogP contribution in [0.15, 0.2) is 0 Å². The van der Waals surface area contributed by atoms with Gasteiger partial charge in [-0.2, -0.15) is 0 Å². The molecule has 0 saturated heterocycles. The van der Waals surface area contributed by atoms with Crippen LogP contribution in [0.2, 0.25) is 0 Å². The Kier molecular flexibility index (Phi) is 4.66. The van der Waals surface area contributed by atoms with Gasteiger partial charge in [0.1, 0.15) is 6.17 Å². The highest BCUT2D eigenvalue weighted by atomic mass is 19.1. The van der Waals surface area contributed by atoms with Crippen molar-refractivity contribution in [2.24, 2.45) is 5.92 Å². The van der Waals surface area contributed by atoms with E-state index in [0.29, 0.717) is 12.3 Å². The van der Waals surface area contributed by atoms with Gasteiger partial charge in [0, 0.05) is 6.04 Å². The Hall–Kier alpha value is -0.110. The molecule has 1 nitrogen and oxygen atoms in total. The Balaban J connectivity index is 4.09. The lowest BCUT2D eigenvalue weighted by molar-refractivity contribution is 0.116. The van der Waals surface area contributed by atoms with Crippen molar-refractivity contribution in [3.63, 3.8) is 0 Å². The summed E-state index contributed by atoms with van der Waals surface area (Å²) < 4.78 is 13.3. The first kappa shape index (κ1) is 10.9. The third-order valence-corrected chi connectivity index (χ3v) is 2.04. The van der Waals surface area contributed by atoms with Crippen molar-refractivity contribution >= 4 is 0 Å². The summed E-state index contributed by atoms with van der Waals surface area (Å²) in [6.07, 6.45) is -0.0777. The van der Waals surface area contributed by atoms with Gasteiger partial charge in [-0.3, -0.25) is 0 Å². The Labute approximate surface area is 69.6 Å². The molecule has 11 heavy (non-hydrogen) atoms. The highest BCUT2D eigenvalue weighted by Crippen LogP contribution is 2.16. The van der Waals surface area contributed by atoms with Crippen molar-refractivity contribution in [3.8, 4) is 0 Å². The molecule has 0 fully saturated rings. The maximum absolute atomic E-state index is 13.3. The van der Waals surface area contributed by atoms with Crippen LogP contribution in [0.4, 0.5) is 4.39 Å². The zero-order chi connectivity index (χ0) is 9.02. The Morgan fingerprint density at radius 1 is 1.27 bits per heavy atom. The van der Waals surface area contributed by atoms with Crippen LogP contribution >= 0.6 is 0 Å². The Morgan fingerprint density at radius 2 is 1.73 bits per heavy atom. The normalized spacial score (nSPS) is 17.5. The standard InChI is InChI=1S/C9H20FN/c1-6-8(10)9(7(2)3)11(4)5/h7-9H,6H2,1-5H3. The van der Waals surface area contributed by atoms with Crippen LogP contribution in [-0.4, -0.2) is 31.2 Å². The molecule has 0 aliphatic carbocycles. The van der Waals surface area contributed by atoms with E-state index in [1.807, 2.05) is 25.9 Å². The van der Waals surface area contributed by atoms with Crippen molar-refractivity contribution in [2.75, 3.05) is 14.1 Å². The molecule has 2 heteroatoms. The van der Waals surface area contributed by atoms with Crippen LogP contribution in [0.25, 0.3) is 0 Å². The third kappa shape index (κ3) is 3.19. The van der Waals surface area contributed by atoms with Gasteiger partial charge in [0.25, 0.3) is 0 Å². The van der Waals surface area contributed by atoms with Crippen molar-refractivity contribution in [1.29, 1.82) is 0 Å². The average Bonchev–Trinajstić information content (AvgIpc) is 1.85. The van der Waals surface area contributed by atoms with Gasteiger partial charge >= 0.3 is 0 Å². The molecular formula is C9H20FN. The summed E-state index contributed by atoms with van der Waals surface area (Å²) in [4.78, 5) is 1.97. The smallest absolute Gasteiger partial charge is 0.116 e. The highest BCUT2D eigenvalue weighted by Gasteiger charge is 2.24. The van der Waals surface area contributed by atoms with Crippen molar-refractivity contribution in [2.45, 2.75) is 39.4 Å². The van der Waals surface area contributed by atoms with Crippen LogP contribution in [0.3, 0.4) is 0 Å². The summed E-state index contributed by atoms with van der Waals surface area (Å²) in [7, 11) is 3.87. The molecule has 0 saturated carbocycles. The average molecular weight is 161 g/mol. The van der Waals surface area contributed by atoms with E-state index in [9.17, 15) is 4.39 Å². The lowest BCUT2D eigenvalue weighted by Crippen LogP contribution is -2.40. The first-order valence-corrected chi connectivity index (χ1v) is 4.31. The highest BCUT2D eigenvalue weighted by molar-refractivity contribution is 4.77.